The van der Waals surface area contributed by atoms with Gasteiger partial charge in [-0.2, -0.15) is 5.01 Å². The second-order valence-corrected chi connectivity index (χ2v) is 10.4. The van der Waals surface area contributed by atoms with E-state index in [-0.39, 0.29) is 41.4 Å². The Morgan fingerprint density at radius 1 is 0.914 bits per heavy atom. The summed E-state index contributed by atoms with van der Waals surface area (Å²) in [4.78, 5) is 55.2. The van der Waals surface area contributed by atoms with Gasteiger partial charge in [0.2, 0.25) is 0 Å². The largest absolute Gasteiger partial charge is 0.292 e. The number of nitrogens with zero attached hydrogens (tertiary/aromatic N) is 2. The van der Waals surface area contributed by atoms with E-state index in [1.807, 2.05) is 0 Å². The first-order valence-electron chi connectivity index (χ1n) is 12.2. The molecule has 3 amide bonds. The maximum Gasteiger partial charge on any atom is 0.273 e. The average molecular weight is 489 g/mol. The number of Topliss-reactive ketones (excluding diaryl/α,β-unsaturated/α-hetero) is 1. The molecule has 0 unspecified atom stereocenters. The lowest BCUT2D eigenvalue weighted by Gasteiger charge is -2.37. The summed E-state index contributed by atoms with van der Waals surface area (Å²) in [6.07, 6.45) is 5.47. The maximum atomic E-state index is 13.9. The van der Waals surface area contributed by atoms with Gasteiger partial charge in [-0.05, 0) is 60.8 Å². The second-order valence-electron chi connectivity index (χ2n) is 9.95. The van der Waals surface area contributed by atoms with Crippen molar-refractivity contribution in [1.82, 2.24) is 10.0 Å². The van der Waals surface area contributed by atoms with Crippen molar-refractivity contribution in [2.75, 3.05) is 0 Å². The zero-order valence-electron chi connectivity index (χ0n) is 19.2. The summed E-state index contributed by atoms with van der Waals surface area (Å²) in [6.45, 7) is 1.78. The van der Waals surface area contributed by atoms with Gasteiger partial charge < -0.3 is 0 Å². The van der Waals surface area contributed by atoms with Crippen molar-refractivity contribution in [3.8, 4) is 0 Å². The molecule has 1 aliphatic heterocycles. The van der Waals surface area contributed by atoms with Gasteiger partial charge in [0, 0.05) is 16.1 Å². The van der Waals surface area contributed by atoms with Crippen LogP contribution in [0.4, 0.5) is 0 Å². The summed E-state index contributed by atoms with van der Waals surface area (Å²) >= 11 is 6.02. The van der Waals surface area contributed by atoms with E-state index in [0.29, 0.717) is 22.4 Å². The van der Waals surface area contributed by atoms with Gasteiger partial charge in [-0.15, -0.1) is 0 Å². The van der Waals surface area contributed by atoms with E-state index in [1.54, 1.807) is 61.5 Å². The minimum atomic E-state index is -1.01. The highest BCUT2D eigenvalue weighted by atomic mass is 35.5. The van der Waals surface area contributed by atoms with Gasteiger partial charge in [0.15, 0.2) is 5.78 Å². The monoisotopic (exact) mass is 488 g/mol. The van der Waals surface area contributed by atoms with Crippen LogP contribution in [-0.2, 0) is 9.59 Å². The highest BCUT2D eigenvalue weighted by Crippen LogP contribution is 2.65. The Morgan fingerprint density at radius 3 is 2.03 bits per heavy atom. The van der Waals surface area contributed by atoms with Crippen LogP contribution in [0.2, 0.25) is 5.02 Å². The van der Waals surface area contributed by atoms with Gasteiger partial charge >= 0.3 is 0 Å². The number of halogens is 1. The van der Waals surface area contributed by atoms with Crippen molar-refractivity contribution in [3.63, 3.8) is 0 Å². The number of carbonyl (C=O) groups excluding carboxylic acids is 4. The van der Waals surface area contributed by atoms with E-state index >= 15 is 0 Å². The van der Waals surface area contributed by atoms with Crippen molar-refractivity contribution in [3.05, 3.63) is 82.9 Å². The first kappa shape index (κ1) is 22.2. The molecule has 7 heteroatoms. The molecule has 0 N–H and O–H groups in total. The third-order valence-corrected chi connectivity index (χ3v) is 8.45. The number of imide groups is 1. The molecule has 2 aromatic carbocycles. The number of ketones is 1. The molecule has 6 nitrogen and oxygen atoms in total. The minimum absolute atomic E-state index is 0.0221. The lowest BCUT2D eigenvalue weighted by Crippen LogP contribution is -2.57. The zero-order valence-corrected chi connectivity index (χ0v) is 20.0. The molecule has 1 heterocycles. The van der Waals surface area contributed by atoms with Crippen LogP contribution in [-0.4, -0.2) is 39.6 Å². The number of amides is 3. The third kappa shape index (κ3) is 3.30. The average Bonchev–Trinajstić information content (AvgIpc) is 3.67. The smallest absolute Gasteiger partial charge is 0.273 e. The van der Waals surface area contributed by atoms with Crippen LogP contribution < -0.4 is 0 Å². The van der Waals surface area contributed by atoms with Crippen LogP contribution in [0.15, 0.2) is 66.7 Å². The molecule has 0 radical (unpaired) electrons. The fourth-order valence-corrected chi connectivity index (χ4v) is 6.64. The number of benzene rings is 2. The van der Waals surface area contributed by atoms with Crippen LogP contribution in [0.5, 0.6) is 0 Å². The van der Waals surface area contributed by atoms with E-state index in [4.69, 9.17) is 11.6 Å². The number of hydrogen-bond acceptors (Lipinski definition) is 4. The van der Waals surface area contributed by atoms with Crippen molar-refractivity contribution in [2.45, 2.75) is 25.8 Å². The number of allylic oxidation sites excluding steroid dienone is 2. The van der Waals surface area contributed by atoms with Crippen LogP contribution in [0.3, 0.4) is 0 Å². The van der Waals surface area contributed by atoms with Gasteiger partial charge in [0.25, 0.3) is 17.7 Å². The molecule has 7 atom stereocenters. The second kappa shape index (κ2) is 8.16. The van der Waals surface area contributed by atoms with E-state index in [2.05, 4.69) is 12.2 Å². The van der Waals surface area contributed by atoms with E-state index in [1.165, 1.54) is 0 Å². The van der Waals surface area contributed by atoms with Crippen molar-refractivity contribution in [2.24, 2.45) is 35.5 Å². The number of carbonyl (C=O) groups is 4. The highest BCUT2D eigenvalue weighted by Gasteiger charge is 2.68. The zero-order chi connectivity index (χ0) is 24.4. The molecule has 4 aliphatic carbocycles. The summed E-state index contributed by atoms with van der Waals surface area (Å²) in [5, 5.41) is 2.60. The predicted octanol–water partition coefficient (Wildman–Crippen LogP) is 4.41. The Hall–Kier alpha value is -3.25. The first-order valence-corrected chi connectivity index (χ1v) is 12.5. The molecule has 5 aliphatic rings. The predicted molar refractivity (Wildman–Crippen MR) is 129 cm³/mol. The minimum Gasteiger partial charge on any atom is -0.292 e. The molecule has 35 heavy (non-hydrogen) atoms. The molecule has 0 spiro atoms. The van der Waals surface area contributed by atoms with E-state index < -0.39 is 23.8 Å². The Labute approximate surface area is 208 Å². The first-order chi connectivity index (χ1) is 16.9. The maximum absolute atomic E-state index is 13.9. The summed E-state index contributed by atoms with van der Waals surface area (Å²) in [6, 6.07) is 13.9. The Balaban J connectivity index is 1.43. The molecule has 2 saturated carbocycles. The lowest BCUT2D eigenvalue weighted by atomic mass is 9.63. The molecule has 178 valence electrons. The van der Waals surface area contributed by atoms with Crippen molar-refractivity contribution >= 4 is 35.1 Å². The molecule has 3 fully saturated rings. The molecule has 1 saturated heterocycles. The topological polar surface area (TPSA) is 74.8 Å². The fraction of sp³-hybridized carbons (Fsp3) is 0.357. The highest BCUT2D eigenvalue weighted by molar-refractivity contribution is 6.30. The number of rotatable bonds is 6. The van der Waals surface area contributed by atoms with E-state index in [0.717, 1.165) is 16.4 Å². The third-order valence-electron chi connectivity index (χ3n) is 8.20. The van der Waals surface area contributed by atoms with Gasteiger partial charge in [0.05, 0.1) is 11.8 Å². The van der Waals surface area contributed by atoms with E-state index in [9.17, 15) is 19.2 Å². The molecule has 2 bridgehead atoms. The van der Waals surface area contributed by atoms with Crippen LogP contribution in [0, 0.1) is 35.5 Å². The van der Waals surface area contributed by atoms with Gasteiger partial charge in [-0.3, -0.25) is 19.2 Å². The Kier molecular flexibility index (Phi) is 5.18. The molecular formula is C28H25ClN2O4. The Morgan fingerprint density at radius 2 is 1.49 bits per heavy atom. The molecule has 2 aromatic rings. The van der Waals surface area contributed by atoms with Crippen LogP contribution >= 0.6 is 11.6 Å². The summed E-state index contributed by atoms with van der Waals surface area (Å²) in [5.74, 6) is -1.62. The fourth-order valence-electron chi connectivity index (χ4n) is 6.51. The van der Waals surface area contributed by atoms with Crippen molar-refractivity contribution < 1.29 is 19.2 Å². The van der Waals surface area contributed by atoms with Gasteiger partial charge in [0.1, 0.15) is 6.04 Å². The SMILES string of the molecule is CC[C@H](C(=O)c1ccccc1)N(C(=O)c1ccc(Cl)cc1)N1C(=O)[C@@H]2[C@H]3C=C[C@@H]([C@@H]4C[C@@H]34)[C@H]2C1=O. The van der Waals surface area contributed by atoms with Crippen molar-refractivity contribution in [1.29, 1.82) is 0 Å². The number of hydrogen-bond donors (Lipinski definition) is 0. The van der Waals surface area contributed by atoms with Gasteiger partial charge in [-0.1, -0.05) is 61.0 Å². The standard InChI is InChI=1S/C28H25ClN2O4/c1-2-22(25(32)15-6-4-3-5-7-15)30(26(33)16-8-10-17(29)11-9-16)31-27(34)23-18-12-13-19(21-14-20(18)21)24(23)28(31)35/h3-13,18-24H,2,14H2,1H3/t18-,19-,20-,21-,22+,23+,24+/m0/s1. The summed E-state index contributed by atoms with van der Waals surface area (Å²) < 4.78 is 0. The summed E-state index contributed by atoms with van der Waals surface area (Å²) in [7, 11) is 0. The van der Waals surface area contributed by atoms with Crippen LogP contribution in [0.25, 0.3) is 0 Å². The quantitative estimate of drug-likeness (QED) is 0.343. The molecule has 0 aromatic heterocycles. The lowest BCUT2D eigenvalue weighted by molar-refractivity contribution is -0.157. The van der Waals surface area contributed by atoms with Gasteiger partial charge in [-0.25, -0.2) is 5.01 Å². The summed E-state index contributed by atoms with van der Waals surface area (Å²) in [5.41, 5.74) is 0.681. The Bertz CT molecular complexity index is 1220. The molecule has 7 rings (SSSR count). The number of hydrazine groups is 1. The van der Waals surface area contributed by atoms with Crippen LogP contribution in [0.1, 0.15) is 40.5 Å². The molecular weight excluding hydrogens is 464 g/mol. The normalized spacial score (nSPS) is 30.6.